The fourth-order valence-corrected chi connectivity index (χ4v) is 2.20. The van der Waals surface area contributed by atoms with Crippen LogP contribution in [0.25, 0.3) is 0 Å². The Hall–Kier alpha value is -0.0800. The van der Waals surface area contributed by atoms with Crippen molar-refractivity contribution in [2.24, 2.45) is 11.8 Å². The summed E-state index contributed by atoms with van der Waals surface area (Å²) in [7, 11) is 3.61. The van der Waals surface area contributed by atoms with E-state index in [2.05, 4.69) is 13.8 Å². The van der Waals surface area contributed by atoms with Crippen molar-refractivity contribution in [2.45, 2.75) is 38.9 Å². The third kappa shape index (κ3) is 1.80. The Morgan fingerprint density at radius 3 is 1.42 bits per heavy atom. The average molecular weight is 172 g/mol. The van der Waals surface area contributed by atoms with E-state index in [9.17, 15) is 0 Å². The molecule has 0 aliphatic heterocycles. The summed E-state index contributed by atoms with van der Waals surface area (Å²) < 4.78 is 10.8. The molecular weight excluding hydrogens is 152 g/mol. The Balaban J connectivity index is 2.52. The van der Waals surface area contributed by atoms with Gasteiger partial charge in [0, 0.05) is 14.2 Å². The fraction of sp³-hybridized carbons (Fsp3) is 1.00. The van der Waals surface area contributed by atoms with Gasteiger partial charge in [-0.05, 0) is 24.7 Å². The van der Waals surface area contributed by atoms with Gasteiger partial charge in [-0.15, -0.1) is 0 Å². The van der Waals surface area contributed by atoms with E-state index < -0.39 is 0 Å². The SMILES string of the molecule is COC1CCC(OC)C(C)C1C. The molecule has 1 rings (SSSR count). The van der Waals surface area contributed by atoms with Gasteiger partial charge in [-0.3, -0.25) is 0 Å². The Bertz CT molecular complexity index is 120. The zero-order valence-corrected chi connectivity index (χ0v) is 8.54. The van der Waals surface area contributed by atoms with Crippen molar-refractivity contribution in [2.75, 3.05) is 14.2 Å². The Labute approximate surface area is 75.2 Å². The summed E-state index contributed by atoms with van der Waals surface area (Å²) in [4.78, 5) is 0. The van der Waals surface area contributed by atoms with Gasteiger partial charge in [0.15, 0.2) is 0 Å². The molecule has 0 saturated heterocycles. The highest BCUT2D eigenvalue weighted by Gasteiger charge is 2.33. The predicted molar refractivity (Wildman–Crippen MR) is 49.2 cm³/mol. The second-order valence-electron chi connectivity index (χ2n) is 3.84. The molecule has 2 heteroatoms. The van der Waals surface area contributed by atoms with E-state index in [-0.39, 0.29) is 0 Å². The lowest BCUT2D eigenvalue weighted by Gasteiger charge is -2.38. The fourth-order valence-electron chi connectivity index (χ4n) is 2.20. The molecule has 4 unspecified atom stereocenters. The summed E-state index contributed by atoms with van der Waals surface area (Å²) >= 11 is 0. The molecule has 1 saturated carbocycles. The van der Waals surface area contributed by atoms with Crippen molar-refractivity contribution >= 4 is 0 Å². The van der Waals surface area contributed by atoms with Gasteiger partial charge < -0.3 is 9.47 Å². The van der Waals surface area contributed by atoms with Crippen LogP contribution in [0.4, 0.5) is 0 Å². The third-order valence-electron chi connectivity index (χ3n) is 3.34. The smallest absolute Gasteiger partial charge is 0.0601 e. The summed E-state index contributed by atoms with van der Waals surface area (Å²) in [5.74, 6) is 1.24. The van der Waals surface area contributed by atoms with Crippen LogP contribution in [0.1, 0.15) is 26.7 Å². The van der Waals surface area contributed by atoms with Crippen LogP contribution in [0.15, 0.2) is 0 Å². The second-order valence-corrected chi connectivity index (χ2v) is 3.84. The van der Waals surface area contributed by atoms with Crippen LogP contribution in [0.3, 0.4) is 0 Å². The summed E-state index contributed by atoms with van der Waals surface area (Å²) in [6.07, 6.45) is 3.15. The molecule has 0 aromatic heterocycles. The van der Waals surface area contributed by atoms with Crippen molar-refractivity contribution < 1.29 is 9.47 Å². The normalized spacial score (nSPS) is 43.0. The highest BCUT2D eigenvalue weighted by atomic mass is 16.5. The van der Waals surface area contributed by atoms with Gasteiger partial charge in [-0.2, -0.15) is 0 Å². The molecule has 0 amide bonds. The molecule has 2 nitrogen and oxygen atoms in total. The molecular formula is C10H20O2. The molecule has 0 aromatic rings. The molecule has 4 atom stereocenters. The molecule has 0 aromatic carbocycles. The topological polar surface area (TPSA) is 18.5 Å². The van der Waals surface area contributed by atoms with Gasteiger partial charge in [0.2, 0.25) is 0 Å². The first-order valence-corrected chi connectivity index (χ1v) is 4.76. The number of rotatable bonds is 2. The van der Waals surface area contributed by atoms with Gasteiger partial charge in [0.05, 0.1) is 12.2 Å². The molecule has 0 heterocycles. The van der Waals surface area contributed by atoms with Gasteiger partial charge in [-0.1, -0.05) is 13.8 Å². The van der Waals surface area contributed by atoms with Gasteiger partial charge in [0.1, 0.15) is 0 Å². The first kappa shape index (κ1) is 10.0. The van der Waals surface area contributed by atoms with Gasteiger partial charge in [0.25, 0.3) is 0 Å². The summed E-state index contributed by atoms with van der Waals surface area (Å²) in [6, 6.07) is 0. The van der Waals surface area contributed by atoms with Crippen LogP contribution >= 0.6 is 0 Å². The lowest BCUT2D eigenvalue weighted by Crippen LogP contribution is -2.39. The van der Waals surface area contributed by atoms with Crippen LogP contribution in [-0.4, -0.2) is 26.4 Å². The molecule has 0 N–H and O–H groups in total. The van der Waals surface area contributed by atoms with E-state index in [1.807, 2.05) is 0 Å². The second kappa shape index (κ2) is 4.24. The quantitative estimate of drug-likeness (QED) is 0.635. The minimum Gasteiger partial charge on any atom is -0.381 e. The summed E-state index contributed by atoms with van der Waals surface area (Å²) in [5.41, 5.74) is 0. The highest BCUT2D eigenvalue weighted by molar-refractivity contribution is 4.83. The largest absolute Gasteiger partial charge is 0.381 e. The predicted octanol–water partition coefficient (Wildman–Crippen LogP) is 2.08. The highest BCUT2D eigenvalue weighted by Crippen LogP contribution is 2.32. The lowest BCUT2D eigenvalue weighted by atomic mass is 9.77. The molecule has 1 fully saturated rings. The van der Waals surface area contributed by atoms with Crippen molar-refractivity contribution in [1.82, 2.24) is 0 Å². The third-order valence-corrected chi connectivity index (χ3v) is 3.34. The first-order chi connectivity index (χ1) is 5.70. The molecule has 0 spiro atoms. The Kier molecular flexibility index (Phi) is 3.53. The van der Waals surface area contributed by atoms with Gasteiger partial charge in [-0.25, -0.2) is 0 Å². The van der Waals surface area contributed by atoms with Crippen molar-refractivity contribution in [3.05, 3.63) is 0 Å². The van der Waals surface area contributed by atoms with Crippen LogP contribution in [-0.2, 0) is 9.47 Å². The van der Waals surface area contributed by atoms with E-state index in [1.165, 1.54) is 0 Å². The molecule has 0 radical (unpaired) electrons. The minimum absolute atomic E-state index is 0.436. The number of ether oxygens (including phenoxy) is 2. The van der Waals surface area contributed by atoms with E-state index in [0.29, 0.717) is 24.0 Å². The zero-order valence-electron chi connectivity index (χ0n) is 8.54. The van der Waals surface area contributed by atoms with Crippen molar-refractivity contribution in [3.8, 4) is 0 Å². The minimum atomic E-state index is 0.436. The summed E-state index contributed by atoms with van der Waals surface area (Å²) in [6.45, 7) is 4.51. The number of hydrogen-bond acceptors (Lipinski definition) is 2. The van der Waals surface area contributed by atoms with E-state index >= 15 is 0 Å². The average Bonchev–Trinajstić information content (AvgIpc) is 2.10. The lowest BCUT2D eigenvalue weighted by molar-refractivity contribution is -0.0643. The van der Waals surface area contributed by atoms with Gasteiger partial charge >= 0.3 is 0 Å². The zero-order chi connectivity index (χ0) is 9.14. The van der Waals surface area contributed by atoms with E-state index in [0.717, 1.165) is 12.8 Å². The molecule has 72 valence electrons. The monoisotopic (exact) mass is 172 g/mol. The maximum absolute atomic E-state index is 5.41. The number of hydrogen-bond donors (Lipinski definition) is 0. The van der Waals surface area contributed by atoms with Crippen LogP contribution < -0.4 is 0 Å². The van der Waals surface area contributed by atoms with Crippen LogP contribution in [0, 0.1) is 11.8 Å². The molecule has 0 bridgehead atoms. The maximum Gasteiger partial charge on any atom is 0.0601 e. The Morgan fingerprint density at radius 1 is 0.833 bits per heavy atom. The van der Waals surface area contributed by atoms with Crippen molar-refractivity contribution in [1.29, 1.82) is 0 Å². The first-order valence-electron chi connectivity index (χ1n) is 4.76. The summed E-state index contributed by atoms with van der Waals surface area (Å²) in [5, 5.41) is 0. The molecule has 1 aliphatic rings. The van der Waals surface area contributed by atoms with E-state index in [4.69, 9.17) is 9.47 Å². The molecule has 12 heavy (non-hydrogen) atoms. The standard InChI is InChI=1S/C10H20O2/c1-7-8(2)10(12-4)6-5-9(7)11-3/h7-10H,5-6H2,1-4H3. The number of methoxy groups -OCH3 is 2. The van der Waals surface area contributed by atoms with E-state index in [1.54, 1.807) is 14.2 Å². The maximum atomic E-state index is 5.41. The Morgan fingerprint density at radius 2 is 1.17 bits per heavy atom. The molecule has 1 aliphatic carbocycles. The van der Waals surface area contributed by atoms with Crippen molar-refractivity contribution in [3.63, 3.8) is 0 Å². The van der Waals surface area contributed by atoms with Crippen LogP contribution in [0.2, 0.25) is 0 Å². The van der Waals surface area contributed by atoms with Crippen LogP contribution in [0.5, 0.6) is 0 Å².